The third-order valence-electron chi connectivity index (χ3n) is 6.47. The predicted molar refractivity (Wildman–Crippen MR) is 146 cm³/mol. The number of carbonyl (C=O) groups excluding carboxylic acids is 2. The second-order valence-electron chi connectivity index (χ2n) is 9.54. The van der Waals surface area contributed by atoms with Gasteiger partial charge in [0.2, 0.25) is 0 Å². The zero-order chi connectivity index (χ0) is 27.4. The van der Waals surface area contributed by atoms with E-state index in [4.69, 9.17) is 14.2 Å². The molecule has 4 rings (SSSR count). The van der Waals surface area contributed by atoms with E-state index in [-0.39, 0.29) is 30.6 Å². The zero-order valence-electron chi connectivity index (χ0n) is 22.4. The number of hydrogen-bond acceptors (Lipinski definition) is 6. The van der Waals surface area contributed by atoms with Crippen LogP contribution in [0.3, 0.4) is 0 Å². The maximum atomic E-state index is 13.4. The molecule has 1 N–H and O–H groups in total. The number of rotatable bonds is 9. The van der Waals surface area contributed by atoms with E-state index in [2.05, 4.69) is 0 Å². The molecule has 1 aliphatic heterocycles. The van der Waals surface area contributed by atoms with Crippen molar-refractivity contribution >= 4 is 17.4 Å². The van der Waals surface area contributed by atoms with Gasteiger partial charge in [-0.3, -0.25) is 9.59 Å². The summed E-state index contributed by atoms with van der Waals surface area (Å²) < 4.78 is 17.1. The second-order valence-corrected chi connectivity index (χ2v) is 9.54. The fourth-order valence-electron chi connectivity index (χ4n) is 4.63. The van der Waals surface area contributed by atoms with Crippen LogP contribution in [0.4, 0.5) is 0 Å². The highest BCUT2D eigenvalue weighted by atomic mass is 16.5. The maximum absolute atomic E-state index is 13.4. The lowest BCUT2D eigenvalue weighted by Crippen LogP contribution is -2.33. The molecule has 1 amide bonds. The van der Waals surface area contributed by atoms with Crippen LogP contribution in [0.2, 0.25) is 0 Å². The molecule has 7 nitrogen and oxygen atoms in total. The Morgan fingerprint density at radius 3 is 2.34 bits per heavy atom. The van der Waals surface area contributed by atoms with Crippen LogP contribution in [0.15, 0.2) is 72.3 Å². The molecule has 3 aromatic carbocycles. The number of para-hydroxylation sites is 1. The van der Waals surface area contributed by atoms with Gasteiger partial charge in [-0.2, -0.15) is 0 Å². The van der Waals surface area contributed by atoms with Crippen molar-refractivity contribution in [2.24, 2.45) is 0 Å². The Morgan fingerprint density at radius 1 is 0.947 bits per heavy atom. The molecular formula is C31H33NO6. The average molecular weight is 516 g/mol. The lowest BCUT2D eigenvalue weighted by Gasteiger charge is -2.26. The fraction of sp³-hybridized carbons (Fsp3) is 0.290. The van der Waals surface area contributed by atoms with E-state index >= 15 is 0 Å². The summed E-state index contributed by atoms with van der Waals surface area (Å²) >= 11 is 0. The summed E-state index contributed by atoms with van der Waals surface area (Å²) in [5.41, 5.74) is 2.67. The van der Waals surface area contributed by atoms with Crippen LogP contribution >= 0.6 is 0 Å². The molecule has 1 aliphatic rings. The highest BCUT2D eigenvalue weighted by molar-refractivity contribution is 6.46. The molecule has 1 fully saturated rings. The molecule has 0 spiro atoms. The molecule has 1 heterocycles. The number of ether oxygens (including phenoxy) is 3. The molecule has 198 valence electrons. The standard InChI is InChI=1S/C31H33NO6/c1-19(2)37-15-14-32-28(22-10-9-13-24(18-22)38-23-11-7-6-8-12-23)27(30(34)31(32)35)29(33)25-16-21(4)26(36-5)17-20(25)3/h6-13,16-19,28,33H,14-15H2,1-5H3/b29-27+. The van der Waals surface area contributed by atoms with Gasteiger partial charge in [-0.05, 0) is 80.8 Å². The summed E-state index contributed by atoms with van der Waals surface area (Å²) in [5.74, 6) is 0.244. The quantitative estimate of drug-likeness (QED) is 0.215. The largest absolute Gasteiger partial charge is 0.507 e. The topological polar surface area (TPSA) is 85.3 Å². The number of aliphatic hydroxyl groups excluding tert-OH is 1. The van der Waals surface area contributed by atoms with Crippen LogP contribution in [0.5, 0.6) is 17.2 Å². The molecule has 0 saturated carbocycles. The molecule has 0 bridgehead atoms. The van der Waals surface area contributed by atoms with Gasteiger partial charge in [0.05, 0.1) is 31.4 Å². The number of nitrogens with zero attached hydrogens (tertiary/aromatic N) is 1. The van der Waals surface area contributed by atoms with Gasteiger partial charge in [0.25, 0.3) is 11.7 Å². The first-order chi connectivity index (χ1) is 18.2. The van der Waals surface area contributed by atoms with E-state index in [9.17, 15) is 14.7 Å². The molecule has 1 atom stereocenters. The Balaban J connectivity index is 1.82. The van der Waals surface area contributed by atoms with Crippen molar-refractivity contribution in [3.05, 3.63) is 94.6 Å². The van der Waals surface area contributed by atoms with Crippen molar-refractivity contribution < 1.29 is 28.9 Å². The van der Waals surface area contributed by atoms with E-state index in [0.29, 0.717) is 28.4 Å². The minimum atomic E-state index is -0.813. The smallest absolute Gasteiger partial charge is 0.295 e. The summed E-state index contributed by atoms with van der Waals surface area (Å²) in [4.78, 5) is 28.1. The average Bonchev–Trinajstić information content (AvgIpc) is 3.15. The second kappa shape index (κ2) is 11.5. The van der Waals surface area contributed by atoms with Crippen LogP contribution in [-0.2, 0) is 14.3 Å². The van der Waals surface area contributed by atoms with Gasteiger partial charge in [0.15, 0.2) is 0 Å². The van der Waals surface area contributed by atoms with Crippen LogP contribution in [0, 0.1) is 13.8 Å². The first kappa shape index (κ1) is 26.9. The van der Waals surface area contributed by atoms with E-state index in [1.165, 1.54) is 4.90 Å². The number of benzene rings is 3. The summed E-state index contributed by atoms with van der Waals surface area (Å²) in [6.07, 6.45) is -0.0298. The normalized spacial score (nSPS) is 16.8. The minimum absolute atomic E-state index is 0.0298. The van der Waals surface area contributed by atoms with Crippen LogP contribution in [-0.4, -0.2) is 48.1 Å². The van der Waals surface area contributed by atoms with E-state index in [0.717, 1.165) is 11.1 Å². The van der Waals surface area contributed by atoms with Gasteiger partial charge in [-0.1, -0.05) is 30.3 Å². The first-order valence-electron chi connectivity index (χ1n) is 12.6. The van der Waals surface area contributed by atoms with Crippen molar-refractivity contribution in [2.45, 2.75) is 39.8 Å². The van der Waals surface area contributed by atoms with Gasteiger partial charge < -0.3 is 24.2 Å². The van der Waals surface area contributed by atoms with Gasteiger partial charge in [-0.15, -0.1) is 0 Å². The number of amides is 1. The van der Waals surface area contributed by atoms with Crippen molar-refractivity contribution in [3.8, 4) is 17.2 Å². The van der Waals surface area contributed by atoms with Gasteiger partial charge in [0, 0.05) is 12.1 Å². The lowest BCUT2D eigenvalue weighted by atomic mass is 9.93. The molecule has 1 saturated heterocycles. The molecule has 38 heavy (non-hydrogen) atoms. The molecule has 0 aliphatic carbocycles. The molecular weight excluding hydrogens is 482 g/mol. The monoisotopic (exact) mass is 515 g/mol. The Labute approximate surface area is 223 Å². The number of likely N-dealkylation sites (tertiary alicyclic amines) is 1. The maximum Gasteiger partial charge on any atom is 0.295 e. The third-order valence-corrected chi connectivity index (χ3v) is 6.47. The summed E-state index contributed by atoms with van der Waals surface area (Å²) in [6, 6.07) is 19.3. The number of carbonyl (C=O) groups is 2. The number of Topliss-reactive ketones (excluding diaryl/α,β-unsaturated/α-hetero) is 1. The summed E-state index contributed by atoms with van der Waals surface area (Å²) in [7, 11) is 1.58. The molecule has 7 heteroatoms. The highest BCUT2D eigenvalue weighted by Crippen LogP contribution is 2.41. The summed E-state index contributed by atoms with van der Waals surface area (Å²) in [6.45, 7) is 7.94. The third kappa shape index (κ3) is 5.58. The molecule has 0 aromatic heterocycles. The van der Waals surface area contributed by atoms with E-state index in [1.54, 1.807) is 31.4 Å². The van der Waals surface area contributed by atoms with Crippen molar-refractivity contribution in [2.75, 3.05) is 20.3 Å². The SMILES string of the molecule is COc1cc(C)c(/C(O)=C2\C(=O)C(=O)N(CCOC(C)C)C2c2cccc(Oc3ccccc3)c2)cc1C. The van der Waals surface area contributed by atoms with Crippen LogP contribution in [0.25, 0.3) is 5.76 Å². The van der Waals surface area contributed by atoms with E-state index in [1.807, 2.05) is 70.2 Å². The minimum Gasteiger partial charge on any atom is -0.507 e. The Morgan fingerprint density at radius 2 is 1.66 bits per heavy atom. The van der Waals surface area contributed by atoms with Crippen LogP contribution < -0.4 is 9.47 Å². The number of aliphatic hydroxyl groups is 1. The van der Waals surface area contributed by atoms with Gasteiger partial charge in [0.1, 0.15) is 23.0 Å². The fourth-order valence-corrected chi connectivity index (χ4v) is 4.63. The molecule has 0 radical (unpaired) electrons. The van der Waals surface area contributed by atoms with Crippen molar-refractivity contribution in [3.63, 3.8) is 0 Å². The van der Waals surface area contributed by atoms with Gasteiger partial charge >= 0.3 is 0 Å². The van der Waals surface area contributed by atoms with Crippen molar-refractivity contribution in [1.82, 2.24) is 4.90 Å². The Bertz CT molecular complexity index is 1360. The first-order valence-corrected chi connectivity index (χ1v) is 12.6. The molecule has 1 unspecified atom stereocenters. The lowest BCUT2D eigenvalue weighted by molar-refractivity contribution is -0.140. The van der Waals surface area contributed by atoms with Crippen molar-refractivity contribution in [1.29, 1.82) is 0 Å². The zero-order valence-corrected chi connectivity index (χ0v) is 22.4. The molecule has 3 aromatic rings. The predicted octanol–water partition coefficient (Wildman–Crippen LogP) is 5.95. The number of aryl methyl sites for hydroxylation is 2. The number of methoxy groups -OCH3 is 1. The number of hydrogen-bond donors (Lipinski definition) is 1. The van der Waals surface area contributed by atoms with Crippen LogP contribution in [0.1, 0.15) is 42.1 Å². The Kier molecular flexibility index (Phi) is 8.17. The van der Waals surface area contributed by atoms with Gasteiger partial charge in [-0.25, -0.2) is 0 Å². The van der Waals surface area contributed by atoms with E-state index < -0.39 is 17.7 Å². The number of ketones is 1. The summed E-state index contributed by atoms with van der Waals surface area (Å²) in [5, 5.41) is 11.5. The highest BCUT2D eigenvalue weighted by Gasteiger charge is 2.46. The Hall–Kier alpha value is -4.10.